The Kier molecular flexibility index (Phi) is 2.63. The second-order valence-electron chi connectivity index (χ2n) is 3.76. The molecule has 0 unspecified atom stereocenters. The number of carbonyl (C=O) groups excluding carboxylic acids is 1. The van der Waals surface area contributed by atoms with Crippen LogP contribution in [0.15, 0.2) is 36.4 Å². The summed E-state index contributed by atoms with van der Waals surface area (Å²) >= 11 is 6.06. The lowest BCUT2D eigenvalue weighted by Crippen LogP contribution is -2.45. The van der Waals surface area contributed by atoms with Crippen LogP contribution in [0.5, 0.6) is 0 Å². The van der Waals surface area contributed by atoms with E-state index in [1.54, 1.807) is 12.1 Å². The van der Waals surface area contributed by atoms with Gasteiger partial charge in [0, 0.05) is 5.02 Å². The van der Waals surface area contributed by atoms with Gasteiger partial charge in [0.05, 0.1) is 0 Å². The molecule has 2 nitrogen and oxygen atoms in total. The molecule has 0 amide bonds. The molecule has 0 heterocycles. The van der Waals surface area contributed by atoms with Gasteiger partial charge >= 0.3 is 0 Å². The molecule has 78 valence electrons. The zero-order chi connectivity index (χ0) is 10.9. The Bertz CT molecular complexity index is 427. The van der Waals surface area contributed by atoms with E-state index in [0.29, 0.717) is 11.4 Å². The van der Waals surface area contributed by atoms with Crippen LogP contribution in [0.25, 0.3) is 0 Å². The van der Waals surface area contributed by atoms with Crippen LogP contribution in [-0.2, 0) is 10.3 Å². The molecule has 0 bridgehead atoms. The van der Waals surface area contributed by atoms with Crippen molar-refractivity contribution in [2.45, 2.75) is 18.4 Å². The lowest BCUT2D eigenvalue weighted by Gasteiger charge is -2.30. The van der Waals surface area contributed by atoms with E-state index < -0.39 is 5.54 Å². The minimum absolute atomic E-state index is 0.0677. The summed E-state index contributed by atoms with van der Waals surface area (Å²) in [6.07, 6.45) is 4.83. The van der Waals surface area contributed by atoms with Crippen molar-refractivity contribution in [3.8, 4) is 0 Å². The van der Waals surface area contributed by atoms with E-state index >= 15 is 0 Å². The summed E-state index contributed by atoms with van der Waals surface area (Å²) in [4.78, 5) is 11.8. The molecule has 15 heavy (non-hydrogen) atoms. The van der Waals surface area contributed by atoms with Gasteiger partial charge in [-0.2, -0.15) is 0 Å². The molecule has 2 N–H and O–H groups in total. The third-order valence-corrected chi connectivity index (χ3v) is 3.10. The van der Waals surface area contributed by atoms with Crippen LogP contribution in [0.2, 0.25) is 5.02 Å². The average Bonchev–Trinajstić information content (AvgIpc) is 2.23. The number of hydrogen-bond acceptors (Lipinski definition) is 2. The van der Waals surface area contributed by atoms with Crippen LogP contribution in [0, 0.1) is 0 Å². The van der Waals surface area contributed by atoms with Gasteiger partial charge in [0.2, 0.25) is 0 Å². The number of rotatable bonds is 1. The Hall–Kier alpha value is -1.12. The highest BCUT2D eigenvalue weighted by Crippen LogP contribution is 2.33. The van der Waals surface area contributed by atoms with E-state index in [2.05, 4.69) is 0 Å². The topological polar surface area (TPSA) is 43.1 Å². The quantitative estimate of drug-likeness (QED) is 0.792. The van der Waals surface area contributed by atoms with Gasteiger partial charge in [0.1, 0.15) is 5.54 Å². The summed E-state index contributed by atoms with van der Waals surface area (Å²) in [6.45, 7) is 0. The number of ketones is 1. The highest BCUT2D eigenvalue weighted by Gasteiger charge is 2.36. The minimum atomic E-state index is -0.937. The smallest absolute Gasteiger partial charge is 0.179 e. The fraction of sp³-hybridized carbons (Fsp3) is 0.250. The zero-order valence-electron chi connectivity index (χ0n) is 8.24. The van der Waals surface area contributed by atoms with Crippen molar-refractivity contribution in [3.05, 3.63) is 47.0 Å². The summed E-state index contributed by atoms with van der Waals surface area (Å²) < 4.78 is 0. The van der Waals surface area contributed by atoms with Gasteiger partial charge in [0.25, 0.3) is 0 Å². The van der Waals surface area contributed by atoms with Crippen LogP contribution >= 0.6 is 11.6 Å². The van der Waals surface area contributed by atoms with Gasteiger partial charge in [-0.25, -0.2) is 0 Å². The lowest BCUT2D eigenvalue weighted by molar-refractivity contribution is -0.120. The summed E-state index contributed by atoms with van der Waals surface area (Å²) in [6, 6.07) is 7.26. The maximum absolute atomic E-state index is 11.8. The highest BCUT2D eigenvalue weighted by atomic mass is 35.5. The lowest BCUT2D eigenvalue weighted by atomic mass is 9.79. The molecule has 0 aromatic heterocycles. The molecule has 0 saturated heterocycles. The molecule has 1 aliphatic rings. The monoisotopic (exact) mass is 221 g/mol. The number of carbonyl (C=O) groups is 1. The molecule has 1 atom stereocenters. The third-order valence-electron chi connectivity index (χ3n) is 2.77. The number of allylic oxidation sites excluding steroid dienone is 1. The molecular formula is C12H12ClNO. The van der Waals surface area contributed by atoms with Crippen molar-refractivity contribution in [2.75, 3.05) is 0 Å². The first-order valence-corrected chi connectivity index (χ1v) is 5.27. The Morgan fingerprint density at radius 2 is 2.07 bits per heavy atom. The Labute approximate surface area is 93.7 Å². The van der Waals surface area contributed by atoms with E-state index in [4.69, 9.17) is 17.3 Å². The predicted octanol–water partition coefficient (Wildman–Crippen LogP) is 2.41. The second-order valence-corrected chi connectivity index (χ2v) is 4.16. The molecular weight excluding hydrogens is 210 g/mol. The molecule has 0 fully saturated rings. The minimum Gasteiger partial charge on any atom is -0.315 e. The molecule has 0 spiro atoms. The maximum atomic E-state index is 11.8. The Morgan fingerprint density at radius 3 is 2.73 bits per heavy atom. The second kappa shape index (κ2) is 3.80. The first-order valence-electron chi connectivity index (χ1n) is 4.89. The van der Waals surface area contributed by atoms with Gasteiger partial charge in [0.15, 0.2) is 5.78 Å². The molecule has 1 aromatic rings. The number of hydrogen-bond donors (Lipinski definition) is 1. The number of benzene rings is 1. The predicted molar refractivity (Wildman–Crippen MR) is 60.7 cm³/mol. The molecule has 0 radical (unpaired) electrons. The summed E-state index contributed by atoms with van der Waals surface area (Å²) in [5.74, 6) is -0.0677. The van der Waals surface area contributed by atoms with Gasteiger partial charge in [-0.3, -0.25) is 4.79 Å². The van der Waals surface area contributed by atoms with Crippen molar-refractivity contribution in [2.24, 2.45) is 5.73 Å². The number of nitrogens with two attached hydrogens (primary N) is 1. The summed E-state index contributed by atoms with van der Waals surface area (Å²) in [7, 11) is 0. The fourth-order valence-electron chi connectivity index (χ4n) is 1.86. The van der Waals surface area contributed by atoms with Crippen molar-refractivity contribution in [3.63, 3.8) is 0 Å². The third kappa shape index (κ3) is 1.71. The first kappa shape index (κ1) is 10.4. The summed E-state index contributed by atoms with van der Waals surface area (Å²) in [5, 5.41) is 0.559. The van der Waals surface area contributed by atoms with Gasteiger partial charge in [-0.1, -0.05) is 35.9 Å². The summed E-state index contributed by atoms with van der Waals surface area (Å²) in [5.41, 5.74) is 5.93. The van der Waals surface area contributed by atoms with Crippen molar-refractivity contribution < 1.29 is 4.79 Å². The van der Waals surface area contributed by atoms with Gasteiger partial charge in [-0.05, 0) is 30.5 Å². The van der Waals surface area contributed by atoms with Crippen LogP contribution < -0.4 is 5.73 Å². The van der Waals surface area contributed by atoms with E-state index in [0.717, 1.165) is 12.0 Å². The number of halogens is 1. The van der Waals surface area contributed by atoms with E-state index in [1.807, 2.05) is 24.3 Å². The van der Waals surface area contributed by atoms with Crippen LogP contribution in [-0.4, -0.2) is 5.78 Å². The maximum Gasteiger partial charge on any atom is 0.179 e. The zero-order valence-corrected chi connectivity index (χ0v) is 9.00. The normalized spacial score (nSPS) is 25.6. The average molecular weight is 222 g/mol. The van der Waals surface area contributed by atoms with Crippen LogP contribution in [0.4, 0.5) is 0 Å². The van der Waals surface area contributed by atoms with Crippen molar-refractivity contribution >= 4 is 17.4 Å². The molecule has 0 saturated carbocycles. The largest absolute Gasteiger partial charge is 0.315 e. The van der Waals surface area contributed by atoms with Crippen LogP contribution in [0.3, 0.4) is 0 Å². The SMILES string of the molecule is N[C@]1(c2ccccc2Cl)CCC=CC1=O. The first-order chi connectivity index (χ1) is 7.14. The highest BCUT2D eigenvalue weighted by molar-refractivity contribution is 6.31. The molecule has 0 aliphatic heterocycles. The molecule has 3 heteroatoms. The van der Waals surface area contributed by atoms with Crippen molar-refractivity contribution in [1.29, 1.82) is 0 Å². The molecule has 2 rings (SSSR count). The standard InChI is InChI=1S/C12H12ClNO/c13-10-6-2-1-5-9(10)12(14)8-4-3-7-11(12)15/h1-3,5-7H,4,8,14H2/t12-/m0/s1. The van der Waals surface area contributed by atoms with Gasteiger partial charge in [-0.15, -0.1) is 0 Å². The Morgan fingerprint density at radius 1 is 1.33 bits per heavy atom. The molecule has 1 aromatic carbocycles. The van der Waals surface area contributed by atoms with E-state index in [9.17, 15) is 4.79 Å². The Balaban J connectivity index is 2.50. The van der Waals surface area contributed by atoms with E-state index in [-0.39, 0.29) is 5.78 Å². The fourth-order valence-corrected chi connectivity index (χ4v) is 2.17. The van der Waals surface area contributed by atoms with Crippen LogP contribution in [0.1, 0.15) is 18.4 Å². The van der Waals surface area contributed by atoms with Gasteiger partial charge < -0.3 is 5.73 Å². The molecule has 1 aliphatic carbocycles. The van der Waals surface area contributed by atoms with Crippen molar-refractivity contribution in [1.82, 2.24) is 0 Å². The van der Waals surface area contributed by atoms with E-state index in [1.165, 1.54) is 0 Å².